The molecule has 1 saturated heterocycles. The van der Waals surface area contributed by atoms with Crippen LogP contribution in [0.15, 0.2) is 43.4 Å². The minimum Gasteiger partial charge on any atom is -0.495 e. The number of nitrogens with zero attached hydrogens (tertiary/aromatic N) is 5. The van der Waals surface area contributed by atoms with Crippen molar-refractivity contribution in [3.05, 3.63) is 53.4 Å². The fourth-order valence-corrected chi connectivity index (χ4v) is 5.49. The first-order valence-electron chi connectivity index (χ1n) is 13.0. The highest BCUT2D eigenvalue weighted by Crippen LogP contribution is 2.46. The van der Waals surface area contributed by atoms with Crippen LogP contribution in [0.5, 0.6) is 11.5 Å². The molecule has 4 aromatic rings. The van der Waals surface area contributed by atoms with Gasteiger partial charge in [-0.15, -0.1) is 0 Å². The molecule has 2 N–H and O–H groups in total. The zero-order valence-corrected chi connectivity index (χ0v) is 23.9. The molecule has 2 aliphatic rings. The summed E-state index contributed by atoms with van der Waals surface area (Å²) in [6.45, 7) is 4.27. The molecule has 3 aromatic heterocycles. The molecular formula is C28H27Cl2N7O4. The first kappa shape index (κ1) is 27.3. The number of halogens is 2. The van der Waals surface area contributed by atoms with Crippen molar-refractivity contribution >= 4 is 46.0 Å². The Morgan fingerprint density at radius 2 is 1.83 bits per heavy atom. The molecule has 4 heterocycles. The molecule has 2 fully saturated rings. The maximum absolute atomic E-state index is 11.9. The van der Waals surface area contributed by atoms with Crippen LogP contribution >= 0.6 is 23.2 Å². The largest absolute Gasteiger partial charge is 0.495 e. The molecule has 41 heavy (non-hydrogen) atoms. The van der Waals surface area contributed by atoms with Gasteiger partial charge in [-0.05, 0) is 25.0 Å². The number of aromatic nitrogens is 5. The van der Waals surface area contributed by atoms with Crippen LogP contribution in [-0.4, -0.2) is 70.2 Å². The summed E-state index contributed by atoms with van der Waals surface area (Å²) in [4.78, 5) is 26.3. The Morgan fingerprint density at radius 3 is 2.51 bits per heavy atom. The molecule has 1 amide bonds. The van der Waals surface area contributed by atoms with E-state index in [2.05, 4.69) is 27.3 Å². The summed E-state index contributed by atoms with van der Waals surface area (Å²) in [7, 11) is 3.05. The summed E-state index contributed by atoms with van der Waals surface area (Å²) in [6, 6.07) is 3.36. The van der Waals surface area contributed by atoms with Gasteiger partial charge in [0.25, 0.3) is 0 Å². The lowest BCUT2D eigenvalue weighted by atomic mass is 10.1. The van der Waals surface area contributed by atoms with E-state index in [-0.39, 0.29) is 18.0 Å². The lowest BCUT2D eigenvalue weighted by molar-refractivity contribution is -0.117. The lowest BCUT2D eigenvalue weighted by Gasteiger charge is -2.20. The van der Waals surface area contributed by atoms with Crippen molar-refractivity contribution in [2.75, 3.05) is 32.8 Å². The van der Waals surface area contributed by atoms with Gasteiger partial charge in [0.15, 0.2) is 0 Å². The normalized spacial score (nSPS) is 18.3. The summed E-state index contributed by atoms with van der Waals surface area (Å²) in [5.41, 5.74) is 2.95. The number of nitrogens with one attached hydrogen (secondary N) is 2. The van der Waals surface area contributed by atoms with Crippen molar-refractivity contribution < 1.29 is 19.0 Å². The van der Waals surface area contributed by atoms with Crippen LogP contribution in [0.3, 0.4) is 0 Å². The monoisotopic (exact) mass is 595 g/mol. The van der Waals surface area contributed by atoms with E-state index in [1.165, 1.54) is 20.3 Å². The first-order chi connectivity index (χ1) is 19.9. The fourth-order valence-electron chi connectivity index (χ4n) is 4.79. The summed E-state index contributed by atoms with van der Waals surface area (Å²) >= 11 is 13.5. The molecule has 0 unspecified atom stereocenters. The number of hydrogen-bond acceptors (Lipinski definition) is 9. The van der Waals surface area contributed by atoms with Gasteiger partial charge < -0.3 is 24.8 Å². The number of amides is 1. The Balaban J connectivity index is 1.46. The van der Waals surface area contributed by atoms with Crippen molar-refractivity contribution in [2.24, 2.45) is 0 Å². The van der Waals surface area contributed by atoms with Gasteiger partial charge >= 0.3 is 0 Å². The Morgan fingerprint density at radius 1 is 1.10 bits per heavy atom. The van der Waals surface area contributed by atoms with Gasteiger partial charge in [-0.2, -0.15) is 5.10 Å². The van der Waals surface area contributed by atoms with Gasteiger partial charge in [-0.1, -0.05) is 29.8 Å². The number of carbonyl (C=O) groups is 1. The molecule has 0 bridgehead atoms. The third kappa shape index (κ3) is 5.28. The van der Waals surface area contributed by atoms with Crippen LogP contribution in [0.1, 0.15) is 18.9 Å². The zero-order valence-electron chi connectivity index (χ0n) is 22.4. The first-order valence-corrected chi connectivity index (χ1v) is 13.8. The molecule has 212 valence electrons. The van der Waals surface area contributed by atoms with E-state index < -0.39 is 0 Å². The standard InChI is InChI=1S/C28H27Cl2N7O4/c1-4-22(38)33-18-12-41-13-19(18)35-28-31-9-14-7-17(23-24(29)20(39-2)8-21(40-3)25(23)30)34-27(26(14)36-28)15-10-32-37(11-15)16-5-6-16/h4,7-11,16,18-19H,1,5-6,12-13H2,2-3H3,(H,33,38)(H,31,35,36)/t18-,19+/m0/s1. The second kappa shape index (κ2) is 11.2. The number of methoxy groups -OCH3 is 2. The highest BCUT2D eigenvalue weighted by atomic mass is 35.5. The maximum Gasteiger partial charge on any atom is 0.243 e. The third-order valence-electron chi connectivity index (χ3n) is 7.10. The van der Waals surface area contributed by atoms with Gasteiger partial charge in [0.2, 0.25) is 11.9 Å². The Kier molecular flexibility index (Phi) is 7.41. The zero-order chi connectivity index (χ0) is 28.7. The molecule has 13 heteroatoms. The molecule has 1 aromatic carbocycles. The average Bonchev–Trinajstić information content (AvgIpc) is 3.56. The van der Waals surface area contributed by atoms with Crippen molar-refractivity contribution in [3.63, 3.8) is 0 Å². The van der Waals surface area contributed by atoms with Crippen LogP contribution < -0.4 is 20.1 Å². The predicted octanol–water partition coefficient (Wildman–Crippen LogP) is 4.70. The number of anilines is 1. The smallest absolute Gasteiger partial charge is 0.243 e. The van der Waals surface area contributed by atoms with Gasteiger partial charge in [-0.25, -0.2) is 15.0 Å². The maximum atomic E-state index is 11.9. The Hall–Kier alpha value is -3.93. The number of fused-ring (bicyclic) bond motifs is 1. The SMILES string of the molecule is C=CC(=O)N[C@H]1COC[C@H]1Nc1ncc2cc(-c3c(Cl)c(OC)cc(OC)c3Cl)nc(-c3cnn(C4CC4)c3)c2n1. The minimum absolute atomic E-state index is 0.230. The molecule has 2 atom stereocenters. The van der Waals surface area contributed by atoms with Crippen LogP contribution in [0.2, 0.25) is 10.0 Å². The highest BCUT2D eigenvalue weighted by Gasteiger charge is 2.30. The summed E-state index contributed by atoms with van der Waals surface area (Å²) in [5, 5.41) is 12.1. The second-order valence-electron chi connectivity index (χ2n) is 9.82. The highest BCUT2D eigenvalue weighted by molar-refractivity contribution is 6.41. The van der Waals surface area contributed by atoms with Crippen LogP contribution in [0.4, 0.5) is 5.95 Å². The number of ether oxygens (including phenoxy) is 3. The molecule has 6 rings (SSSR count). The minimum atomic E-state index is -0.273. The number of benzene rings is 1. The number of hydrogen-bond donors (Lipinski definition) is 2. The van der Waals surface area contributed by atoms with Crippen LogP contribution in [0, 0.1) is 0 Å². The molecule has 1 saturated carbocycles. The van der Waals surface area contributed by atoms with Crippen molar-refractivity contribution in [1.82, 2.24) is 30.0 Å². The van der Waals surface area contributed by atoms with E-state index in [4.69, 9.17) is 47.4 Å². The van der Waals surface area contributed by atoms with Gasteiger partial charge in [0.1, 0.15) is 22.7 Å². The van der Waals surface area contributed by atoms with Gasteiger partial charge in [0, 0.05) is 35.0 Å². The van der Waals surface area contributed by atoms with E-state index in [9.17, 15) is 4.79 Å². The van der Waals surface area contributed by atoms with Crippen molar-refractivity contribution in [3.8, 4) is 34.0 Å². The second-order valence-corrected chi connectivity index (χ2v) is 10.6. The number of rotatable bonds is 9. The average molecular weight is 596 g/mol. The molecule has 11 nitrogen and oxygen atoms in total. The summed E-state index contributed by atoms with van der Waals surface area (Å²) < 4.78 is 18.5. The Bertz CT molecular complexity index is 1630. The van der Waals surface area contributed by atoms with Gasteiger partial charge in [-0.3, -0.25) is 9.48 Å². The molecular weight excluding hydrogens is 569 g/mol. The molecule has 1 aliphatic carbocycles. The van der Waals surface area contributed by atoms with Crippen molar-refractivity contribution in [1.29, 1.82) is 0 Å². The molecule has 0 spiro atoms. The van der Waals surface area contributed by atoms with E-state index in [0.29, 0.717) is 74.6 Å². The molecule has 0 radical (unpaired) electrons. The quantitative estimate of drug-likeness (QED) is 0.265. The number of pyridine rings is 1. The predicted molar refractivity (Wildman–Crippen MR) is 156 cm³/mol. The van der Waals surface area contributed by atoms with E-state index in [1.54, 1.807) is 18.5 Å². The third-order valence-corrected chi connectivity index (χ3v) is 7.85. The van der Waals surface area contributed by atoms with Crippen LogP contribution in [0.25, 0.3) is 33.4 Å². The van der Waals surface area contributed by atoms with Crippen LogP contribution in [-0.2, 0) is 9.53 Å². The number of carbonyl (C=O) groups excluding carboxylic acids is 1. The summed E-state index contributed by atoms with van der Waals surface area (Å²) in [6.07, 6.45) is 8.87. The van der Waals surface area contributed by atoms with E-state index in [1.807, 2.05) is 16.9 Å². The van der Waals surface area contributed by atoms with E-state index in [0.717, 1.165) is 18.4 Å². The topological polar surface area (TPSA) is 125 Å². The lowest BCUT2D eigenvalue weighted by Crippen LogP contribution is -2.45. The van der Waals surface area contributed by atoms with Gasteiger partial charge in [0.05, 0.1) is 67.5 Å². The van der Waals surface area contributed by atoms with Crippen molar-refractivity contribution in [2.45, 2.75) is 31.0 Å². The Labute approximate surface area is 245 Å². The van der Waals surface area contributed by atoms with E-state index >= 15 is 0 Å². The fraction of sp³-hybridized carbons (Fsp3) is 0.321. The molecule has 1 aliphatic heterocycles. The summed E-state index contributed by atoms with van der Waals surface area (Å²) in [5.74, 6) is 0.904.